The number of hydrogen-bond donors (Lipinski definition) is 0. The van der Waals surface area contributed by atoms with E-state index in [4.69, 9.17) is 11.6 Å². The number of pyridine rings is 1. The zero-order valence-corrected chi connectivity index (χ0v) is 7.15. The molecule has 56 valence electrons. The van der Waals surface area contributed by atoms with E-state index < -0.39 is 0 Å². The van der Waals surface area contributed by atoms with E-state index in [1.54, 1.807) is 0 Å². The van der Waals surface area contributed by atoms with E-state index in [1.165, 1.54) is 0 Å². The number of hydrogen-bond acceptors (Lipinski definition) is 1. The molecule has 0 saturated heterocycles. The molecule has 0 N–H and O–H groups in total. The molecule has 0 fully saturated rings. The van der Waals surface area contributed by atoms with Gasteiger partial charge < -0.3 is 12.4 Å². The van der Waals surface area contributed by atoms with Gasteiger partial charge in [-0.25, -0.2) is 0 Å². The quantitative estimate of drug-likeness (QED) is 0.515. The van der Waals surface area contributed by atoms with Crippen LogP contribution in [0.4, 0.5) is 0 Å². The number of halogens is 2. The van der Waals surface area contributed by atoms with E-state index >= 15 is 0 Å². The minimum Gasteiger partial charge on any atom is -1.00 e. The Hall–Kier alpha value is -0.270. The zero-order chi connectivity index (χ0) is 6.69. The van der Waals surface area contributed by atoms with Crippen molar-refractivity contribution in [3.63, 3.8) is 0 Å². The summed E-state index contributed by atoms with van der Waals surface area (Å²) in [5, 5.41) is 0. The minimum absolute atomic E-state index is 0. The van der Waals surface area contributed by atoms with Crippen molar-refractivity contribution in [2.24, 2.45) is 0 Å². The van der Waals surface area contributed by atoms with Gasteiger partial charge >= 0.3 is 1.43 Å². The van der Waals surface area contributed by atoms with Gasteiger partial charge in [-0.05, 0) is 19.1 Å². The summed E-state index contributed by atoms with van der Waals surface area (Å²) in [4.78, 5) is 4.16. The second-order valence-corrected chi connectivity index (χ2v) is 2.17. The molecule has 0 unspecified atom stereocenters. The molecular weight excluding hydrogens is 169 g/mol. The van der Waals surface area contributed by atoms with Crippen LogP contribution in [0.5, 0.6) is 0 Å². The molecule has 1 aromatic heterocycles. The lowest BCUT2D eigenvalue weighted by Crippen LogP contribution is -3.00. The highest BCUT2D eigenvalue weighted by molar-refractivity contribution is 6.16. The Bertz CT molecular complexity index is 205. The molecule has 0 aliphatic rings. The molecule has 0 aliphatic carbocycles. The fourth-order valence-corrected chi connectivity index (χ4v) is 0.823. The van der Waals surface area contributed by atoms with Crippen molar-refractivity contribution in [2.75, 3.05) is 0 Å². The molecule has 0 amide bonds. The van der Waals surface area contributed by atoms with Gasteiger partial charge in [-0.1, -0.05) is 6.07 Å². The zero-order valence-electron chi connectivity index (χ0n) is 6.64. The normalized spacial score (nSPS) is 8.60. The molecule has 0 bridgehead atoms. The molecule has 1 rings (SSSR count). The summed E-state index contributed by atoms with van der Waals surface area (Å²) >= 11 is 5.54. The molecule has 10 heavy (non-hydrogen) atoms. The molecule has 1 aromatic rings. The minimum atomic E-state index is 0. The van der Waals surface area contributed by atoms with Crippen LogP contribution in [-0.2, 0) is 5.88 Å². The summed E-state index contributed by atoms with van der Waals surface area (Å²) in [5.74, 6) is 0.502. The first-order valence-electron chi connectivity index (χ1n) is 2.81. The first-order valence-corrected chi connectivity index (χ1v) is 3.35. The molecule has 0 radical (unpaired) electrons. The van der Waals surface area contributed by atoms with E-state index in [9.17, 15) is 0 Å². The number of nitrogens with zero attached hydrogens (tertiary/aromatic N) is 1. The molecular formula is C7H9Cl2N. The van der Waals surface area contributed by atoms with Gasteiger partial charge in [-0.15, -0.1) is 11.6 Å². The van der Waals surface area contributed by atoms with Gasteiger partial charge in [0.15, 0.2) is 0 Å². The maximum Gasteiger partial charge on any atom is 1.00 e. The van der Waals surface area contributed by atoms with Crippen molar-refractivity contribution in [1.29, 1.82) is 0 Å². The van der Waals surface area contributed by atoms with Crippen molar-refractivity contribution < 1.29 is 13.8 Å². The number of aromatic nitrogens is 1. The van der Waals surface area contributed by atoms with Crippen LogP contribution < -0.4 is 12.4 Å². The molecule has 0 saturated carbocycles. The van der Waals surface area contributed by atoms with Gasteiger partial charge in [-0.2, -0.15) is 0 Å². The maximum atomic E-state index is 5.54. The SMILES string of the molecule is Cc1cccc(CCl)n1.[Cl-].[H+]. The Morgan fingerprint density at radius 2 is 2.30 bits per heavy atom. The highest BCUT2D eigenvalue weighted by atomic mass is 35.5. The Balaban J connectivity index is 0. The first kappa shape index (κ1) is 9.73. The van der Waals surface area contributed by atoms with Crippen molar-refractivity contribution in [3.05, 3.63) is 29.6 Å². The molecule has 0 aromatic carbocycles. The highest BCUT2D eigenvalue weighted by Gasteiger charge is 1.88. The van der Waals surface area contributed by atoms with Gasteiger partial charge in [-0.3, -0.25) is 4.98 Å². The standard InChI is InChI=1S/C7H8ClN.ClH/c1-6-3-2-4-7(5-8)9-6;/h2-4H,5H2,1H3;1H. The van der Waals surface area contributed by atoms with Crippen LogP contribution in [-0.4, -0.2) is 4.98 Å². The van der Waals surface area contributed by atoms with Gasteiger partial charge in [0.2, 0.25) is 0 Å². The van der Waals surface area contributed by atoms with E-state index in [1.807, 2.05) is 25.1 Å². The Morgan fingerprint density at radius 3 is 2.70 bits per heavy atom. The lowest BCUT2D eigenvalue weighted by molar-refractivity contribution is -0.00000201. The van der Waals surface area contributed by atoms with E-state index in [2.05, 4.69) is 4.98 Å². The molecule has 1 heterocycles. The van der Waals surface area contributed by atoms with Crippen molar-refractivity contribution in [2.45, 2.75) is 12.8 Å². The molecule has 0 spiro atoms. The number of alkyl halides is 1. The summed E-state index contributed by atoms with van der Waals surface area (Å²) in [5.41, 5.74) is 1.96. The van der Waals surface area contributed by atoms with Crippen LogP contribution in [0, 0.1) is 6.92 Å². The molecule has 0 atom stereocenters. The van der Waals surface area contributed by atoms with E-state index in [0.29, 0.717) is 5.88 Å². The lowest BCUT2D eigenvalue weighted by atomic mass is 10.3. The number of aryl methyl sites for hydroxylation is 1. The lowest BCUT2D eigenvalue weighted by Gasteiger charge is -1.93. The van der Waals surface area contributed by atoms with Crippen LogP contribution in [0.15, 0.2) is 18.2 Å². The first-order chi connectivity index (χ1) is 4.33. The van der Waals surface area contributed by atoms with Crippen LogP contribution in [0.25, 0.3) is 0 Å². The highest BCUT2D eigenvalue weighted by Crippen LogP contribution is 2.00. The molecule has 1 nitrogen and oxygen atoms in total. The van der Waals surface area contributed by atoms with Gasteiger partial charge in [0.1, 0.15) is 0 Å². The van der Waals surface area contributed by atoms with Crippen LogP contribution in [0.3, 0.4) is 0 Å². The van der Waals surface area contributed by atoms with Gasteiger partial charge in [0.05, 0.1) is 11.6 Å². The number of rotatable bonds is 1. The smallest absolute Gasteiger partial charge is 1.00 e. The average molecular weight is 178 g/mol. The molecule has 0 aliphatic heterocycles. The van der Waals surface area contributed by atoms with Crippen LogP contribution in [0.1, 0.15) is 12.8 Å². The van der Waals surface area contributed by atoms with Crippen LogP contribution in [0.2, 0.25) is 0 Å². The van der Waals surface area contributed by atoms with Gasteiger partial charge in [0, 0.05) is 5.69 Å². The second-order valence-electron chi connectivity index (χ2n) is 1.90. The molecule has 3 heteroatoms. The average Bonchev–Trinajstić information content (AvgIpc) is 1.88. The Labute approximate surface area is 73.3 Å². The second kappa shape index (κ2) is 4.53. The van der Waals surface area contributed by atoms with Crippen LogP contribution >= 0.6 is 11.6 Å². The summed E-state index contributed by atoms with van der Waals surface area (Å²) < 4.78 is 0. The fourth-order valence-electron chi connectivity index (χ4n) is 0.674. The summed E-state index contributed by atoms with van der Waals surface area (Å²) in [6.07, 6.45) is 0. The van der Waals surface area contributed by atoms with Crippen molar-refractivity contribution >= 4 is 11.6 Å². The summed E-state index contributed by atoms with van der Waals surface area (Å²) in [7, 11) is 0. The summed E-state index contributed by atoms with van der Waals surface area (Å²) in [6.45, 7) is 1.95. The third-order valence-electron chi connectivity index (χ3n) is 1.08. The predicted molar refractivity (Wildman–Crippen MR) is 39.6 cm³/mol. The van der Waals surface area contributed by atoms with E-state index in [-0.39, 0.29) is 13.8 Å². The van der Waals surface area contributed by atoms with E-state index in [0.717, 1.165) is 11.4 Å². The monoisotopic (exact) mass is 177 g/mol. The topological polar surface area (TPSA) is 12.9 Å². The third kappa shape index (κ3) is 2.54. The maximum absolute atomic E-state index is 5.54. The summed E-state index contributed by atoms with van der Waals surface area (Å²) in [6, 6.07) is 5.83. The largest absolute Gasteiger partial charge is 1.00 e. The fraction of sp³-hybridized carbons (Fsp3) is 0.286. The van der Waals surface area contributed by atoms with Crippen molar-refractivity contribution in [3.8, 4) is 0 Å². The third-order valence-corrected chi connectivity index (χ3v) is 1.36. The Morgan fingerprint density at radius 1 is 1.60 bits per heavy atom. The predicted octanol–water partition coefficient (Wildman–Crippen LogP) is -0.755. The van der Waals surface area contributed by atoms with Crippen molar-refractivity contribution in [1.82, 2.24) is 4.98 Å². The van der Waals surface area contributed by atoms with Gasteiger partial charge in [0.25, 0.3) is 0 Å². The Kier molecular flexibility index (Phi) is 4.41.